The molecule has 0 aliphatic heterocycles. The van der Waals surface area contributed by atoms with Crippen LogP contribution in [0.3, 0.4) is 0 Å². The first-order valence-electron chi connectivity index (χ1n) is 6.55. The number of nitrogens with one attached hydrogen (secondary N) is 1. The molecular weight excluding hydrogens is 381 g/mol. The van der Waals surface area contributed by atoms with Gasteiger partial charge >= 0.3 is 0 Å². The van der Waals surface area contributed by atoms with E-state index in [9.17, 15) is 8.42 Å². The third-order valence-electron chi connectivity index (χ3n) is 3.21. The van der Waals surface area contributed by atoms with E-state index >= 15 is 0 Å². The minimum absolute atomic E-state index is 0.00818. The highest BCUT2D eigenvalue weighted by atomic mass is 35.5. The van der Waals surface area contributed by atoms with E-state index in [2.05, 4.69) is 4.72 Å². The first-order chi connectivity index (χ1) is 10.7. The third kappa shape index (κ3) is 4.31. The van der Waals surface area contributed by atoms with Gasteiger partial charge in [-0.05, 0) is 36.8 Å². The lowest BCUT2D eigenvalue weighted by Gasteiger charge is -2.16. The lowest BCUT2D eigenvalue weighted by atomic mass is 10.1. The number of halogens is 3. The van der Waals surface area contributed by atoms with Crippen molar-refractivity contribution in [3.05, 3.63) is 57.0 Å². The summed E-state index contributed by atoms with van der Waals surface area (Å²) < 4.78 is 32.6. The summed E-state index contributed by atoms with van der Waals surface area (Å²) in [7, 11) is -2.29. The Labute approximate surface area is 150 Å². The molecule has 0 aliphatic carbocycles. The fourth-order valence-corrected chi connectivity index (χ4v) is 4.20. The molecule has 1 atom stereocenters. The van der Waals surface area contributed by atoms with Crippen molar-refractivity contribution in [3.63, 3.8) is 0 Å². The number of ether oxygens (including phenoxy) is 1. The van der Waals surface area contributed by atoms with Crippen molar-refractivity contribution in [2.24, 2.45) is 0 Å². The summed E-state index contributed by atoms with van der Waals surface area (Å²) in [5.41, 5.74) is 0.783. The molecule has 124 valence electrons. The molecule has 0 radical (unpaired) electrons. The van der Waals surface area contributed by atoms with Gasteiger partial charge in [0.25, 0.3) is 0 Å². The van der Waals surface area contributed by atoms with Crippen LogP contribution in [0.5, 0.6) is 5.75 Å². The van der Waals surface area contributed by atoms with E-state index < -0.39 is 16.1 Å². The number of benzene rings is 2. The van der Waals surface area contributed by atoms with Gasteiger partial charge in [-0.25, -0.2) is 13.1 Å². The van der Waals surface area contributed by atoms with Crippen molar-refractivity contribution in [1.82, 2.24) is 4.72 Å². The molecule has 1 N–H and O–H groups in total. The third-order valence-corrected chi connectivity index (χ3v) is 5.94. The number of hydrogen-bond acceptors (Lipinski definition) is 3. The summed E-state index contributed by atoms with van der Waals surface area (Å²) >= 11 is 17.7. The molecule has 0 aliphatic rings. The molecule has 0 amide bonds. The first kappa shape index (κ1) is 18.4. The molecule has 0 saturated heterocycles. The number of sulfonamides is 1. The van der Waals surface area contributed by atoms with Crippen LogP contribution in [0, 0.1) is 0 Å². The van der Waals surface area contributed by atoms with E-state index in [1.807, 2.05) is 0 Å². The Morgan fingerprint density at radius 2 is 1.57 bits per heavy atom. The Morgan fingerprint density at radius 1 is 1.00 bits per heavy atom. The van der Waals surface area contributed by atoms with Crippen molar-refractivity contribution in [2.75, 3.05) is 7.11 Å². The highest BCUT2D eigenvalue weighted by Gasteiger charge is 2.22. The minimum Gasteiger partial charge on any atom is -0.497 e. The van der Waals surface area contributed by atoms with Gasteiger partial charge in [-0.3, -0.25) is 0 Å². The topological polar surface area (TPSA) is 55.4 Å². The van der Waals surface area contributed by atoms with Gasteiger partial charge in [-0.2, -0.15) is 0 Å². The largest absolute Gasteiger partial charge is 0.497 e. The minimum atomic E-state index is -3.85. The summed E-state index contributed by atoms with van der Waals surface area (Å²) in [4.78, 5) is -0.117. The Bertz CT molecular complexity index is 807. The first-order valence-corrected chi connectivity index (χ1v) is 9.17. The van der Waals surface area contributed by atoms with Crippen LogP contribution in [0.25, 0.3) is 0 Å². The molecule has 0 aromatic heterocycles. The van der Waals surface area contributed by atoms with Gasteiger partial charge in [-0.1, -0.05) is 46.9 Å². The van der Waals surface area contributed by atoms with Crippen molar-refractivity contribution >= 4 is 44.8 Å². The molecule has 2 rings (SSSR count). The van der Waals surface area contributed by atoms with Crippen LogP contribution < -0.4 is 9.46 Å². The molecule has 23 heavy (non-hydrogen) atoms. The average Bonchev–Trinajstić information content (AvgIpc) is 2.50. The van der Waals surface area contributed by atoms with Gasteiger partial charge in [0.2, 0.25) is 10.0 Å². The van der Waals surface area contributed by atoms with Crippen LogP contribution in [-0.2, 0) is 10.0 Å². The number of methoxy groups -OCH3 is 1. The predicted molar refractivity (Wildman–Crippen MR) is 93.2 cm³/mol. The molecule has 4 nitrogen and oxygen atoms in total. The van der Waals surface area contributed by atoms with Crippen LogP contribution in [-0.4, -0.2) is 15.5 Å². The van der Waals surface area contributed by atoms with E-state index in [-0.39, 0.29) is 20.0 Å². The van der Waals surface area contributed by atoms with E-state index in [1.165, 1.54) is 12.1 Å². The fourth-order valence-electron chi connectivity index (χ4n) is 1.97. The van der Waals surface area contributed by atoms with Crippen LogP contribution in [0.1, 0.15) is 18.5 Å². The van der Waals surface area contributed by atoms with Gasteiger partial charge in [0.1, 0.15) is 10.6 Å². The van der Waals surface area contributed by atoms with Gasteiger partial charge < -0.3 is 4.74 Å². The van der Waals surface area contributed by atoms with E-state index in [4.69, 9.17) is 39.5 Å². The molecule has 2 aromatic rings. The van der Waals surface area contributed by atoms with Gasteiger partial charge in [-0.15, -0.1) is 0 Å². The maximum Gasteiger partial charge on any atom is 0.242 e. The SMILES string of the molecule is COc1ccc(C(C)NS(=O)(=O)c2cc(Cl)c(Cl)cc2Cl)cc1. The molecule has 0 heterocycles. The summed E-state index contributed by atoms with van der Waals surface area (Å²) in [6.07, 6.45) is 0. The Kier molecular flexibility index (Phi) is 5.81. The van der Waals surface area contributed by atoms with Crippen LogP contribution in [0.4, 0.5) is 0 Å². The zero-order chi connectivity index (χ0) is 17.2. The average molecular weight is 395 g/mol. The second-order valence-electron chi connectivity index (χ2n) is 4.81. The van der Waals surface area contributed by atoms with Crippen molar-refractivity contribution in [3.8, 4) is 5.75 Å². The number of hydrogen-bond donors (Lipinski definition) is 1. The molecule has 1 unspecified atom stereocenters. The zero-order valence-corrected chi connectivity index (χ0v) is 15.4. The summed E-state index contributed by atoms with van der Waals surface area (Å²) in [5.74, 6) is 0.691. The van der Waals surface area contributed by atoms with Crippen LogP contribution in [0.2, 0.25) is 15.1 Å². The standard InChI is InChI=1S/C15H14Cl3NO3S/c1-9(10-3-5-11(22-2)6-4-10)19-23(20,21)15-8-13(17)12(16)7-14(15)18/h3-9,19H,1-2H3. The van der Waals surface area contributed by atoms with Gasteiger partial charge in [0, 0.05) is 6.04 Å². The summed E-state index contributed by atoms with van der Waals surface area (Å²) in [6.45, 7) is 1.73. The lowest BCUT2D eigenvalue weighted by Crippen LogP contribution is -2.27. The molecule has 0 bridgehead atoms. The predicted octanol–water partition coefficient (Wildman–Crippen LogP) is 4.69. The molecule has 2 aromatic carbocycles. The molecule has 0 fully saturated rings. The van der Waals surface area contributed by atoms with Crippen molar-refractivity contribution in [2.45, 2.75) is 17.9 Å². The van der Waals surface area contributed by atoms with E-state index in [0.29, 0.717) is 5.75 Å². The molecule has 8 heteroatoms. The second-order valence-corrected chi connectivity index (χ2v) is 7.72. The van der Waals surface area contributed by atoms with Gasteiger partial charge in [0.05, 0.1) is 22.2 Å². The Hall–Kier alpha value is -0.980. The maximum absolute atomic E-state index is 12.5. The number of rotatable bonds is 5. The lowest BCUT2D eigenvalue weighted by molar-refractivity contribution is 0.414. The van der Waals surface area contributed by atoms with E-state index in [0.717, 1.165) is 5.56 Å². The monoisotopic (exact) mass is 393 g/mol. The van der Waals surface area contributed by atoms with Crippen LogP contribution in [0.15, 0.2) is 41.3 Å². The summed E-state index contributed by atoms with van der Waals surface area (Å²) in [6, 6.07) is 9.15. The maximum atomic E-state index is 12.5. The molecular formula is C15H14Cl3NO3S. The quantitative estimate of drug-likeness (QED) is 0.748. The van der Waals surface area contributed by atoms with Crippen LogP contribution >= 0.6 is 34.8 Å². The van der Waals surface area contributed by atoms with E-state index in [1.54, 1.807) is 38.3 Å². The second kappa shape index (κ2) is 7.28. The zero-order valence-electron chi connectivity index (χ0n) is 12.3. The van der Waals surface area contributed by atoms with Gasteiger partial charge in [0.15, 0.2) is 0 Å². The smallest absolute Gasteiger partial charge is 0.242 e. The van der Waals surface area contributed by atoms with Crippen molar-refractivity contribution < 1.29 is 13.2 Å². The normalized spacial score (nSPS) is 12.9. The highest BCUT2D eigenvalue weighted by molar-refractivity contribution is 7.89. The fraction of sp³-hybridized carbons (Fsp3) is 0.200. The molecule has 0 spiro atoms. The Morgan fingerprint density at radius 3 is 2.13 bits per heavy atom. The highest BCUT2D eigenvalue weighted by Crippen LogP contribution is 2.32. The summed E-state index contributed by atoms with van der Waals surface area (Å²) in [5, 5.41) is 0.321. The molecule has 0 saturated carbocycles. The Balaban J connectivity index is 2.28. The van der Waals surface area contributed by atoms with Crippen molar-refractivity contribution in [1.29, 1.82) is 0 Å².